The number of benzene rings is 2. The van der Waals surface area contributed by atoms with Gasteiger partial charge in [-0.05, 0) is 49.7 Å². The molecule has 0 aliphatic carbocycles. The molecular formula is C23H25FN4O4. The molecular weight excluding hydrogens is 415 g/mol. The lowest BCUT2D eigenvalue weighted by Gasteiger charge is -2.28. The fraction of sp³-hybridized carbons (Fsp3) is 0.348. The highest BCUT2D eigenvalue weighted by molar-refractivity contribution is 6.00. The second-order valence-electron chi connectivity index (χ2n) is 7.65. The maximum atomic E-state index is 14.6. The molecule has 32 heavy (non-hydrogen) atoms. The lowest BCUT2D eigenvalue weighted by molar-refractivity contribution is 0.102. The number of hydrogen-bond acceptors (Lipinski definition) is 7. The molecule has 1 aliphatic rings. The molecule has 1 aromatic heterocycles. The number of hydrogen-bond donors (Lipinski definition) is 2. The molecule has 168 valence electrons. The quantitative estimate of drug-likeness (QED) is 0.567. The van der Waals surface area contributed by atoms with E-state index < -0.39 is 11.9 Å². The first-order chi connectivity index (χ1) is 15.5. The minimum atomic E-state index is -0.653. The van der Waals surface area contributed by atoms with E-state index >= 15 is 0 Å². The highest BCUT2D eigenvalue weighted by atomic mass is 19.1. The van der Waals surface area contributed by atoms with Crippen molar-refractivity contribution < 1.29 is 23.8 Å². The van der Waals surface area contributed by atoms with Crippen molar-refractivity contribution in [2.75, 3.05) is 38.3 Å². The van der Waals surface area contributed by atoms with Gasteiger partial charge < -0.3 is 19.9 Å². The second-order valence-corrected chi connectivity index (χ2v) is 7.65. The third-order valence-electron chi connectivity index (χ3n) is 5.38. The van der Waals surface area contributed by atoms with Crippen LogP contribution in [0.15, 0.2) is 36.4 Å². The van der Waals surface area contributed by atoms with E-state index in [1.54, 1.807) is 0 Å². The molecule has 1 aliphatic heterocycles. The number of aryl methyl sites for hydroxylation is 1. The normalized spacial score (nSPS) is 15.8. The van der Waals surface area contributed by atoms with Gasteiger partial charge in [-0.15, -0.1) is 0 Å². The molecule has 2 aromatic carbocycles. The topological polar surface area (TPSA) is 96.8 Å². The first-order valence-electron chi connectivity index (χ1n) is 10.4. The lowest BCUT2D eigenvalue weighted by atomic mass is 10.1. The van der Waals surface area contributed by atoms with E-state index in [2.05, 4.69) is 15.3 Å². The van der Waals surface area contributed by atoms with E-state index in [0.717, 1.165) is 12.1 Å². The number of ether oxygens (including phenoxy) is 2. The molecule has 0 radical (unpaired) electrons. The standard InChI is InChI=1S/C23H25FN4O4/c1-14-6-7-16-18(12-14)26-21(20-17(24)4-3-5-19(20)29)27-22(16)28(15-8-9-25-13-15)23(30)32-11-10-31-2/h3-7,12,15,25,29H,8-11,13H2,1-2H3/t15-/m1/s1. The van der Waals surface area contributed by atoms with Crippen LogP contribution >= 0.6 is 0 Å². The summed E-state index contributed by atoms with van der Waals surface area (Å²) >= 11 is 0. The van der Waals surface area contributed by atoms with Crippen molar-refractivity contribution in [3.8, 4) is 17.1 Å². The van der Waals surface area contributed by atoms with Gasteiger partial charge in [0.2, 0.25) is 0 Å². The van der Waals surface area contributed by atoms with Gasteiger partial charge in [-0.25, -0.2) is 19.2 Å². The van der Waals surface area contributed by atoms with Crippen LogP contribution in [0.3, 0.4) is 0 Å². The Labute approximate surface area is 185 Å². The van der Waals surface area contributed by atoms with Crippen LogP contribution in [-0.4, -0.2) is 60.6 Å². The SMILES string of the molecule is COCCOC(=O)N(c1nc(-c2c(O)cccc2F)nc2cc(C)ccc12)[C@@H]1CCNC1. The van der Waals surface area contributed by atoms with Crippen LogP contribution in [0.2, 0.25) is 0 Å². The molecule has 1 atom stereocenters. The van der Waals surface area contributed by atoms with Gasteiger partial charge in [0, 0.05) is 19.0 Å². The van der Waals surface area contributed by atoms with Gasteiger partial charge in [0.1, 0.15) is 24.0 Å². The second kappa shape index (κ2) is 9.46. The predicted molar refractivity (Wildman–Crippen MR) is 118 cm³/mol. The highest BCUT2D eigenvalue weighted by Crippen LogP contribution is 2.35. The van der Waals surface area contributed by atoms with E-state index in [-0.39, 0.29) is 36.4 Å². The molecule has 4 rings (SSSR count). The smallest absolute Gasteiger partial charge is 0.415 e. The van der Waals surface area contributed by atoms with Gasteiger partial charge in [-0.3, -0.25) is 4.90 Å². The molecule has 0 spiro atoms. The zero-order chi connectivity index (χ0) is 22.7. The number of nitrogens with zero attached hydrogens (tertiary/aromatic N) is 3. The van der Waals surface area contributed by atoms with Crippen molar-refractivity contribution in [2.24, 2.45) is 0 Å². The molecule has 2 heterocycles. The summed E-state index contributed by atoms with van der Waals surface area (Å²) < 4.78 is 25.1. The Kier molecular flexibility index (Phi) is 6.48. The average molecular weight is 440 g/mol. The third-order valence-corrected chi connectivity index (χ3v) is 5.38. The Balaban J connectivity index is 1.90. The van der Waals surface area contributed by atoms with Gasteiger partial charge in [0.25, 0.3) is 0 Å². The molecule has 1 fully saturated rings. The summed E-state index contributed by atoms with van der Waals surface area (Å²) in [5.74, 6) is -0.627. The number of anilines is 1. The monoisotopic (exact) mass is 440 g/mol. The average Bonchev–Trinajstić information content (AvgIpc) is 3.28. The minimum Gasteiger partial charge on any atom is -0.507 e. The summed E-state index contributed by atoms with van der Waals surface area (Å²) in [6, 6.07) is 9.38. The lowest BCUT2D eigenvalue weighted by Crippen LogP contribution is -2.43. The van der Waals surface area contributed by atoms with E-state index in [1.807, 2.05) is 25.1 Å². The summed E-state index contributed by atoms with van der Waals surface area (Å²) in [6.07, 6.45) is 0.136. The van der Waals surface area contributed by atoms with Crippen molar-refractivity contribution in [3.05, 3.63) is 47.8 Å². The van der Waals surface area contributed by atoms with E-state index in [1.165, 1.54) is 30.2 Å². The summed E-state index contributed by atoms with van der Waals surface area (Å²) in [7, 11) is 1.53. The van der Waals surface area contributed by atoms with Crippen molar-refractivity contribution in [2.45, 2.75) is 19.4 Å². The van der Waals surface area contributed by atoms with Crippen LogP contribution in [0.25, 0.3) is 22.3 Å². The van der Waals surface area contributed by atoms with Crippen LogP contribution in [0.4, 0.5) is 15.0 Å². The number of methoxy groups -OCH3 is 1. The molecule has 1 saturated heterocycles. The minimum absolute atomic E-state index is 0.00523. The number of phenolic OH excluding ortho intramolecular Hbond substituents is 1. The largest absolute Gasteiger partial charge is 0.507 e. The number of fused-ring (bicyclic) bond motifs is 1. The van der Waals surface area contributed by atoms with Gasteiger partial charge in [0.15, 0.2) is 5.82 Å². The van der Waals surface area contributed by atoms with Crippen molar-refractivity contribution in [1.29, 1.82) is 0 Å². The number of phenols is 1. The predicted octanol–water partition coefficient (Wildman–Crippen LogP) is 3.40. The Morgan fingerprint density at radius 3 is 2.84 bits per heavy atom. The number of carbonyl (C=O) groups is 1. The van der Waals surface area contributed by atoms with Gasteiger partial charge in [-0.2, -0.15) is 0 Å². The summed E-state index contributed by atoms with van der Waals surface area (Å²) in [5.41, 5.74) is 1.37. The van der Waals surface area contributed by atoms with E-state index in [4.69, 9.17) is 9.47 Å². The third kappa shape index (κ3) is 4.35. The molecule has 0 unspecified atom stereocenters. The van der Waals surface area contributed by atoms with Crippen molar-refractivity contribution in [1.82, 2.24) is 15.3 Å². The Morgan fingerprint density at radius 1 is 1.28 bits per heavy atom. The molecule has 0 bridgehead atoms. The summed E-state index contributed by atoms with van der Waals surface area (Å²) in [4.78, 5) is 23.7. The maximum absolute atomic E-state index is 14.6. The Hall–Kier alpha value is -3.30. The summed E-state index contributed by atoms with van der Waals surface area (Å²) in [6.45, 7) is 3.58. The molecule has 9 heteroatoms. The number of nitrogens with one attached hydrogen (secondary N) is 1. The highest BCUT2D eigenvalue weighted by Gasteiger charge is 2.32. The van der Waals surface area contributed by atoms with Crippen LogP contribution in [0.5, 0.6) is 5.75 Å². The number of amides is 1. The van der Waals surface area contributed by atoms with Crippen molar-refractivity contribution >= 4 is 22.8 Å². The van der Waals surface area contributed by atoms with Gasteiger partial charge in [0.05, 0.1) is 23.7 Å². The first kappa shape index (κ1) is 21.9. The number of rotatable bonds is 6. The van der Waals surface area contributed by atoms with E-state index in [9.17, 15) is 14.3 Å². The number of carbonyl (C=O) groups excluding carboxylic acids is 1. The fourth-order valence-electron chi connectivity index (χ4n) is 3.80. The van der Waals surface area contributed by atoms with E-state index in [0.29, 0.717) is 29.7 Å². The zero-order valence-corrected chi connectivity index (χ0v) is 18.0. The number of halogens is 1. The van der Waals surface area contributed by atoms with Crippen LogP contribution in [0.1, 0.15) is 12.0 Å². The molecule has 3 aromatic rings. The number of aromatic nitrogens is 2. The van der Waals surface area contributed by atoms with Crippen molar-refractivity contribution in [3.63, 3.8) is 0 Å². The fourth-order valence-corrected chi connectivity index (χ4v) is 3.80. The van der Waals surface area contributed by atoms with Gasteiger partial charge in [-0.1, -0.05) is 12.1 Å². The Bertz CT molecular complexity index is 1110. The Morgan fingerprint density at radius 2 is 2.12 bits per heavy atom. The molecule has 0 saturated carbocycles. The van der Waals surface area contributed by atoms with Crippen LogP contribution < -0.4 is 10.2 Å². The van der Waals surface area contributed by atoms with Gasteiger partial charge >= 0.3 is 6.09 Å². The maximum Gasteiger partial charge on any atom is 0.415 e. The number of aromatic hydroxyl groups is 1. The first-order valence-corrected chi connectivity index (χ1v) is 10.4. The molecule has 8 nitrogen and oxygen atoms in total. The zero-order valence-electron chi connectivity index (χ0n) is 18.0. The van der Waals surface area contributed by atoms with Crippen LogP contribution in [-0.2, 0) is 9.47 Å². The molecule has 1 amide bonds. The summed E-state index contributed by atoms with van der Waals surface area (Å²) in [5, 5.41) is 14.2. The van der Waals surface area contributed by atoms with Crippen LogP contribution in [0, 0.1) is 12.7 Å². The molecule has 2 N–H and O–H groups in total.